The molecule has 0 saturated heterocycles. The highest BCUT2D eigenvalue weighted by molar-refractivity contribution is 5.58. The first-order valence-corrected chi connectivity index (χ1v) is 6.86. The van der Waals surface area contributed by atoms with Crippen LogP contribution in [0.5, 0.6) is 0 Å². The highest BCUT2D eigenvalue weighted by Gasteiger charge is 2.11. The van der Waals surface area contributed by atoms with Crippen LogP contribution in [0.15, 0.2) is 42.5 Å². The Bertz CT molecular complexity index is 590. The van der Waals surface area contributed by atoms with Gasteiger partial charge in [0.2, 0.25) is 0 Å². The largest absolute Gasteiger partial charge is 0.384 e. The molecule has 0 saturated carbocycles. The highest BCUT2D eigenvalue weighted by atomic mass is 15.1. The van der Waals surface area contributed by atoms with E-state index in [1.165, 1.54) is 28.1 Å². The number of anilines is 2. The van der Waals surface area contributed by atoms with Gasteiger partial charge in [-0.05, 0) is 42.2 Å². The van der Waals surface area contributed by atoms with E-state index in [2.05, 4.69) is 66.7 Å². The fraction of sp³-hybridized carbons (Fsp3) is 0.294. The first-order chi connectivity index (χ1) is 9.24. The van der Waals surface area contributed by atoms with Crippen molar-refractivity contribution in [2.75, 3.05) is 23.8 Å². The van der Waals surface area contributed by atoms with Gasteiger partial charge in [0.25, 0.3) is 0 Å². The van der Waals surface area contributed by atoms with Crippen molar-refractivity contribution in [3.05, 3.63) is 59.2 Å². The van der Waals surface area contributed by atoms with Crippen LogP contribution in [0.4, 0.5) is 11.4 Å². The van der Waals surface area contributed by atoms with E-state index in [1.807, 2.05) is 0 Å². The van der Waals surface area contributed by atoms with Crippen molar-refractivity contribution in [2.45, 2.75) is 19.9 Å². The van der Waals surface area contributed by atoms with Gasteiger partial charge in [0.05, 0.1) is 0 Å². The molecule has 0 bridgehead atoms. The molecule has 0 fully saturated rings. The number of para-hydroxylation sites is 1. The van der Waals surface area contributed by atoms with E-state index >= 15 is 0 Å². The first-order valence-electron chi connectivity index (χ1n) is 6.86. The Kier molecular flexibility index (Phi) is 3.16. The molecule has 2 heteroatoms. The monoisotopic (exact) mass is 252 g/mol. The average Bonchev–Trinajstić information content (AvgIpc) is 2.86. The van der Waals surface area contributed by atoms with E-state index in [9.17, 15) is 0 Å². The van der Waals surface area contributed by atoms with Crippen molar-refractivity contribution in [1.29, 1.82) is 0 Å². The minimum absolute atomic E-state index is 0.944. The number of hydrogen-bond acceptors (Lipinski definition) is 2. The molecule has 0 radical (unpaired) electrons. The zero-order chi connectivity index (χ0) is 13.2. The lowest BCUT2D eigenvalue weighted by Crippen LogP contribution is -2.17. The number of rotatable bonds is 3. The van der Waals surface area contributed by atoms with E-state index in [-0.39, 0.29) is 0 Å². The van der Waals surface area contributed by atoms with Crippen molar-refractivity contribution < 1.29 is 0 Å². The molecule has 2 aromatic rings. The van der Waals surface area contributed by atoms with Crippen molar-refractivity contribution in [3.8, 4) is 0 Å². The SMILES string of the molecule is Cc1ccccc1N(C)Cc1ccc2c(c1)NCC2. The lowest BCUT2D eigenvalue weighted by Gasteiger charge is -2.21. The second-order valence-corrected chi connectivity index (χ2v) is 5.31. The van der Waals surface area contributed by atoms with Crippen molar-refractivity contribution in [1.82, 2.24) is 0 Å². The molecule has 1 heterocycles. The molecule has 19 heavy (non-hydrogen) atoms. The van der Waals surface area contributed by atoms with Gasteiger partial charge >= 0.3 is 0 Å². The number of nitrogens with one attached hydrogen (secondary N) is 1. The summed E-state index contributed by atoms with van der Waals surface area (Å²) in [6.07, 6.45) is 1.16. The summed E-state index contributed by atoms with van der Waals surface area (Å²) in [5.74, 6) is 0. The molecule has 0 aromatic heterocycles. The number of benzene rings is 2. The molecule has 0 atom stereocenters. The van der Waals surface area contributed by atoms with Crippen LogP contribution in [-0.2, 0) is 13.0 Å². The van der Waals surface area contributed by atoms with Gasteiger partial charge in [0.1, 0.15) is 0 Å². The van der Waals surface area contributed by atoms with Crippen LogP contribution in [0.1, 0.15) is 16.7 Å². The summed E-state index contributed by atoms with van der Waals surface area (Å²) in [5.41, 5.74) is 6.75. The maximum absolute atomic E-state index is 3.45. The van der Waals surface area contributed by atoms with Gasteiger partial charge in [-0.2, -0.15) is 0 Å². The zero-order valence-electron chi connectivity index (χ0n) is 11.6. The minimum Gasteiger partial charge on any atom is -0.384 e. The summed E-state index contributed by atoms with van der Waals surface area (Å²) in [6, 6.07) is 15.3. The Morgan fingerprint density at radius 2 is 2.00 bits per heavy atom. The maximum atomic E-state index is 3.45. The van der Waals surface area contributed by atoms with E-state index in [0.717, 1.165) is 19.5 Å². The summed E-state index contributed by atoms with van der Waals surface area (Å²) < 4.78 is 0. The van der Waals surface area contributed by atoms with Crippen molar-refractivity contribution in [3.63, 3.8) is 0 Å². The molecule has 0 unspecified atom stereocenters. The fourth-order valence-corrected chi connectivity index (χ4v) is 2.79. The average molecular weight is 252 g/mol. The molecule has 1 N–H and O–H groups in total. The van der Waals surface area contributed by atoms with Gasteiger partial charge in [0, 0.05) is 31.5 Å². The van der Waals surface area contributed by atoms with Gasteiger partial charge in [-0.1, -0.05) is 30.3 Å². The minimum atomic E-state index is 0.944. The highest BCUT2D eigenvalue weighted by Crippen LogP contribution is 2.25. The summed E-state index contributed by atoms with van der Waals surface area (Å²) >= 11 is 0. The summed E-state index contributed by atoms with van der Waals surface area (Å²) in [7, 11) is 2.16. The third kappa shape index (κ3) is 2.43. The van der Waals surface area contributed by atoms with Crippen molar-refractivity contribution in [2.24, 2.45) is 0 Å². The molecule has 2 nitrogen and oxygen atoms in total. The summed E-state index contributed by atoms with van der Waals surface area (Å²) in [6.45, 7) is 4.18. The molecule has 0 amide bonds. The molecule has 1 aliphatic rings. The first kappa shape index (κ1) is 12.1. The van der Waals surface area contributed by atoms with Crippen LogP contribution in [-0.4, -0.2) is 13.6 Å². The van der Waals surface area contributed by atoms with E-state index in [4.69, 9.17) is 0 Å². The van der Waals surface area contributed by atoms with Crippen LogP contribution in [0.25, 0.3) is 0 Å². The maximum Gasteiger partial charge on any atom is 0.0427 e. The zero-order valence-corrected chi connectivity index (χ0v) is 11.6. The smallest absolute Gasteiger partial charge is 0.0427 e. The van der Waals surface area contributed by atoms with Gasteiger partial charge in [-0.3, -0.25) is 0 Å². The third-order valence-electron chi connectivity index (χ3n) is 3.83. The van der Waals surface area contributed by atoms with E-state index in [1.54, 1.807) is 0 Å². The molecular weight excluding hydrogens is 232 g/mol. The van der Waals surface area contributed by atoms with Crippen molar-refractivity contribution >= 4 is 11.4 Å². The third-order valence-corrected chi connectivity index (χ3v) is 3.83. The van der Waals surface area contributed by atoms with Crippen LogP contribution in [0.2, 0.25) is 0 Å². The lowest BCUT2D eigenvalue weighted by molar-refractivity contribution is 0.917. The van der Waals surface area contributed by atoms with Gasteiger partial charge in [0.15, 0.2) is 0 Å². The van der Waals surface area contributed by atoms with Crippen LogP contribution in [0.3, 0.4) is 0 Å². The summed E-state index contributed by atoms with van der Waals surface area (Å²) in [4.78, 5) is 2.31. The quantitative estimate of drug-likeness (QED) is 0.898. The molecular formula is C17H20N2. The Morgan fingerprint density at radius 1 is 1.16 bits per heavy atom. The fourth-order valence-electron chi connectivity index (χ4n) is 2.79. The number of aryl methyl sites for hydroxylation is 1. The normalized spacial score (nSPS) is 12.9. The Morgan fingerprint density at radius 3 is 2.84 bits per heavy atom. The summed E-state index contributed by atoms with van der Waals surface area (Å²) in [5, 5.41) is 3.45. The van der Waals surface area contributed by atoms with Crippen LogP contribution >= 0.6 is 0 Å². The number of nitrogens with zero attached hydrogens (tertiary/aromatic N) is 1. The van der Waals surface area contributed by atoms with E-state index in [0.29, 0.717) is 0 Å². The number of hydrogen-bond donors (Lipinski definition) is 1. The van der Waals surface area contributed by atoms with Gasteiger partial charge < -0.3 is 10.2 Å². The standard InChI is InChI=1S/C17H20N2/c1-13-5-3-4-6-17(13)19(2)12-14-7-8-15-9-10-18-16(15)11-14/h3-8,11,18H,9-10,12H2,1-2H3. The Labute approximate surface area is 115 Å². The molecule has 2 aromatic carbocycles. The molecule has 0 aliphatic carbocycles. The molecule has 3 rings (SSSR count). The predicted octanol–water partition coefficient (Wildman–Crippen LogP) is 3.60. The topological polar surface area (TPSA) is 15.3 Å². The van der Waals surface area contributed by atoms with Crippen LogP contribution < -0.4 is 10.2 Å². The van der Waals surface area contributed by atoms with Crippen LogP contribution in [0, 0.1) is 6.92 Å². The Balaban J connectivity index is 1.80. The molecule has 0 spiro atoms. The van der Waals surface area contributed by atoms with E-state index < -0.39 is 0 Å². The molecule has 98 valence electrons. The molecule has 1 aliphatic heterocycles. The second-order valence-electron chi connectivity index (χ2n) is 5.31. The Hall–Kier alpha value is -1.96. The lowest BCUT2D eigenvalue weighted by atomic mass is 10.1. The number of fused-ring (bicyclic) bond motifs is 1. The second kappa shape index (κ2) is 4.96. The predicted molar refractivity (Wildman–Crippen MR) is 81.9 cm³/mol. The van der Waals surface area contributed by atoms with Gasteiger partial charge in [-0.15, -0.1) is 0 Å². The van der Waals surface area contributed by atoms with Gasteiger partial charge in [-0.25, -0.2) is 0 Å².